The number of carboxylic acids is 1. The van der Waals surface area contributed by atoms with Crippen molar-refractivity contribution in [1.82, 2.24) is 16.0 Å². The predicted octanol–water partition coefficient (Wildman–Crippen LogP) is -1.46. The number of likely N-dealkylation sites (N-methyl/N-ethyl adjacent to an activating group) is 3. The number of hydrogen-bond donors (Lipinski definition) is 7. The second-order valence-electron chi connectivity index (χ2n) is 10.2. The monoisotopic (exact) mass is 559 g/mol. The Bertz CT molecular complexity index is 937. The highest BCUT2D eigenvalue weighted by Gasteiger charge is 2.61. The Kier molecular flexibility index (Phi) is 13.9. The molecule has 0 rings (SSSR count). The molecule has 39 heavy (non-hydrogen) atoms. The van der Waals surface area contributed by atoms with E-state index in [0.29, 0.717) is 12.8 Å². The van der Waals surface area contributed by atoms with Gasteiger partial charge in [-0.1, -0.05) is 33.6 Å². The van der Waals surface area contributed by atoms with Gasteiger partial charge in [0.2, 0.25) is 11.4 Å². The maximum atomic E-state index is 13.6. The largest absolute Gasteiger partial charge is 0.479 e. The molecule has 224 valence electrons. The van der Waals surface area contributed by atoms with Crippen LogP contribution in [0.25, 0.3) is 0 Å². The highest BCUT2D eigenvalue weighted by atomic mass is 16.4. The Balaban J connectivity index is 6.74. The van der Waals surface area contributed by atoms with Crippen LogP contribution in [0.5, 0.6) is 0 Å². The van der Waals surface area contributed by atoms with E-state index in [-0.39, 0.29) is 12.3 Å². The molecule has 0 saturated carbocycles. The number of aliphatic carboxylic acids is 1. The molecule has 0 aromatic rings. The molecule has 0 aliphatic carbocycles. The molecule has 0 bridgehead atoms. The molecule has 0 spiro atoms. The van der Waals surface area contributed by atoms with Crippen LogP contribution in [0.4, 0.5) is 0 Å². The fraction of sp³-hybridized carbons (Fsp3) is 0.769. The van der Waals surface area contributed by atoms with Gasteiger partial charge in [0, 0.05) is 0 Å². The molecule has 0 aliphatic rings. The summed E-state index contributed by atoms with van der Waals surface area (Å²) in [4.78, 5) is 78.0. The van der Waals surface area contributed by atoms with E-state index in [4.69, 9.17) is 0 Å². The van der Waals surface area contributed by atoms with Crippen molar-refractivity contribution in [3.05, 3.63) is 0 Å². The summed E-state index contributed by atoms with van der Waals surface area (Å²) in [7, 11) is 4.14. The van der Waals surface area contributed by atoms with E-state index in [2.05, 4.69) is 16.0 Å². The summed E-state index contributed by atoms with van der Waals surface area (Å²) < 4.78 is 0. The number of hydrogen-bond acceptors (Lipinski definition) is 12. The summed E-state index contributed by atoms with van der Waals surface area (Å²) in [6.07, 6.45) is -1.61. The summed E-state index contributed by atoms with van der Waals surface area (Å²) in [5, 5.41) is 50.8. The number of ketones is 5. The third kappa shape index (κ3) is 8.05. The van der Waals surface area contributed by atoms with Gasteiger partial charge < -0.3 is 36.4 Å². The molecule has 0 aliphatic heterocycles. The van der Waals surface area contributed by atoms with Crippen molar-refractivity contribution in [2.45, 2.75) is 102 Å². The standard InChI is InChI=1S/C26H45N3O10/c1-9-11-16(28-7)21(33)24(5,37)18(31)13-25(38,20(32)15(4)27-6)22(34)26(39,23(35)36)12-17(30)19(29-8)14(3)10-2/h14-16,19,27-29,37-39H,9-13H2,1-8H3,(H,35,36)/t14?,15-,16-,19-,24?,25?,26?/m1/s1. The molecule has 7 N–H and O–H groups in total. The van der Waals surface area contributed by atoms with Gasteiger partial charge in [0.1, 0.15) is 0 Å². The van der Waals surface area contributed by atoms with Crippen LogP contribution < -0.4 is 16.0 Å². The number of nitrogens with one attached hydrogen (secondary N) is 3. The molecule has 0 amide bonds. The fourth-order valence-electron chi connectivity index (χ4n) is 4.30. The number of aliphatic hydroxyl groups is 3. The second kappa shape index (κ2) is 14.8. The average Bonchev–Trinajstić information content (AvgIpc) is 2.89. The van der Waals surface area contributed by atoms with Crippen LogP contribution in [0.2, 0.25) is 0 Å². The normalized spacial score (nSPS) is 19.4. The van der Waals surface area contributed by atoms with Crippen LogP contribution in [0, 0.1) is 5.92 Å². The molecule has 7 atom stereocenters. The lowest BCUT2D eigenvalue weighted by Crippen LogP contribution is -2.66. The summed E-state index contributed by atoms with van der Waals surface area (Å²) in [6, 6.07) is -3.28. The fourth-order valence-corrected chi connectivity index (χ4v) is 4.30. The molecule has 0 saturated heterocycles. The van der Waals surface area contributed by atoms with Gasteiger partial charge in [0.05, 0.1) is 31.0 Å². The first-order chi connectivity index (χ1) is 17.9. The summed E-state index contributed by atoms with van der Waals surface area (Å²) >= 11 is 0. The Labute approximate surface area is 229 Å². The van der Waals surface area contributed by atoms with Crippen LogP contribution in [0.3, 0.4) is 0 Å². The van der Waals surface area contributed by atoms with Gasteiger partial charge in [-0.25, -0.2) is 4.79 Å². The minimum atomic E-state index is -3.61. The number of carboxylic acid groups (broad SMARTS) is 1. The van der Waals surface area contributed by atoms with Gasteiger partial charge in [-0.15, -0.1) is 0 Å². The second-order valence-corrected chi connectivity index (χ2v) is 10.2. The quantitative estimate of drug-likeness (QED) is 0.0849. The number of Topliss-reactive ketones (excluding diaryl/α,β-unsaturated/α-hetero) is 5. The first-order valence-electron chi connectivity index (χ1n) is 13.0. The van der Waals surface area contributed by atoms with E-state index in [1.165, 1.54) is 28.1 Å². The zero-order valence-electron chi connectivity index (χ0n) is 24.1. The molecule has 0 aromatic heterocycles. The Morgan fingerprint density at radius 1 is 0.795 bits per heavy atom. The molecular formula is C26H45N3O10. The maximum Gasteiger partial charge on any atom is 0.344 e. The maximum absolute atomic E-state index is 13.6. The smallest absolute Gasteiger partial charge is 0.344 e. The molecule has 0 radical (unpaired) electrons. The van der Waals surface area contributed by atoms with Crippen molar-refractivity contribution in [2.75, 3.05) is 21.1 Å². The van der Waals surface area contributed by atoms with Crippen molar-refractivity contribution in [1.29, 1.82) is 0 Å². The molecular weight excluding hydrogens is 514 g/mol. The summed E-state index contributed by atoms with van der Waals surface area (Å²) in [6.45, 7) is 7.26. The molecule has 13 heteroatoms. The van der Waals surface area contributed by atoms with E-state index in [9.17, 15) is 49.2 Å². The van der Waals surface area contributed by atoms with E-state index in [1.54, 1.807) is 20.8 Å². The highest BCUT2D eigenvalue weighted by molar-refractivity contribution is 6.25. The molecule has 4 unspecified atom stereocenters. The number of carbonyl (C=O) groups is 6. The zero-order valence-corrected chi connectivity index (χ0v) is 24.1. The average molecular weight is 560 g/mol. The summed E-state index contributed by atoms with van der Waals surface area (Å²) in [5.74, 6) is -9.31. The minimum absolute atomic E-state index is 0.237. The zero-order chi connectivity index (χ0) is 30.9. The molecule has 0 heterocycles. The van der Waals surface area contributed by atoms with Crippen LogP contribution in [0.15, 0.2) is 0 Å². The summed E-state index contributed by atoms with van der Waals surface area (Å²) in [5.41, 5.74) is -9.91. The van der Waals surface area contributed by atoms with E-state index in [0.717, 1.165) is 6.92 Å². The number of rotatable bonds is 20. The SMILES string of the molecule is CCC[C@@H](NC)C(=O)C(C)(O)C(=O)CC(O)(C(=O)[C@@H](C)NC)C(=O)C(O)(CC(=O)[C@H](NC)C(C)CC)C(=O)O. The van der Waals surface area contributed by atoms with Gasteiger partial charge in [0.25, 0.3) is 0 Å². The van der Waals surface area contributed by atoms with Crippen LogP contribution in [-0.4, -0.2) is 111 Å². The van der Waals surface area contributed by atoms with Gasteiger partial charge in [0.15, 0.2) is 34.3 Å². The third-order valence-electron chi connectivity index (χ3n) is 7.32. The van der Waals surface area contributed by atoms with Gasteiger partial charge in [-0.3, -0.25) is 24.0 Å². The predicted molar refractivity (Wildman–Crippen MR) is 141 cm³/mol. The van der Waals surface area contributed by atoms with Gasteiger partial charge in [-0.2, -0.15) is 0 Å². The van der Waals surface area contributed by atoms with Crippen molar-refractivity contribution in [3.8, 4) is 0 Å². The third-order valence-corrected chi connectivity index (χ3v) is 7.32. The van der Waals surface area contributed by atoms with Crippen molar-refractivity contribution in [2.24, 2.45) is 5.92 Å². The lowest BCUT2D eigenvalue weighted by atomic mass is 9.72. The van der Waals surface area contributed by atoms with E-state index < -0.39 is 82.7 Å². The first-order valence-corrected chi connectivity index (χ1v) is 13.0. The number of carbonyl (C=O) groups excluding carboxylic acids is 5. The van der Waals surface area contributed by atoms with Gasteiger partial charge in [-0.05, 0) is 47.3 Å². The van der Waals surface area contributed by atoms with Crippen molar-refractivity contribution in [3.63, 3.8) is 0 Å². The van der Waals surface area contributed by atoms with Crippen LogP contribution in [-0.2, 0) is 28.8 Å². The minimum Gasteiger partial charge on any atom is -0.479 e. The topological polar surface area (TPSA) is 219 Å². The Morgan fingerprint density at radius 2 is 1.33 bits per heavy atom. The van der Waals surface area contributed by atoms with E-state index in [1.807, 2.05) is 0 Å². The Morgan fingerprint density at radius 3 is 1.72 bits per heavy atom. The lowest BCUT2D eigenvalue weighted by molar-refractivity contribution is -0.181. The van der Waals surface area contributed by atoms with Crippen molar-refractivity contribution >= 4 is 34.9 Å². The lowest BCUT2D eigenvalue weighted by Gasteiger charge is -2.35. The van der Waals surface area contributed by atoms with Crippen LogP contribution >= 0.6 is 0 Å². The van der Waals surface area contributed by atoms with Gasteiger partial charge >= 0.3 is 5.97 Å². The Hall–Kier alpha value is -2.42. The van der Waals surface area contributed by atoms with Crippen LogP contribution in [0.1, 0.15) is 66.7 Å². The highest BCUT2D eigenvalue weighted by Crippen LogP contribution is 2.30. The first kappa shape index (κ1) is 36.6. The van der Waals surface area contributed by atoms with Crippen molar-refractivity contribution < 1.29 is 49.2 Å². The molecule has 0 aromatic carbocycles. The molecule has 0 fully saturated rings. The molecule has 13 nitrogen and oxygen atoms in total. The van der Waals surface area contributed by atoms with E-state index >= 15 is 0 Å².